The third kappa shape index (κ3) is 3.74. The van der Waals surface area contributed by atoms with Gasteiger partial charge in [0.25, 0.3) is 0 Å². The van der Waals surface area contributed by atoms with Crippen molar-refractivity contribution < 1.29 is 4.79 Å². The molecule has 2 aromatic rings. The second-order valence-corrected chi connectivity index (χ2v) is 5.55. The number of nitrogens with two attached hydrogens (primary N) is 1. The second-order valence-electron chi connectivity index (χ2n) is 4.35. The first-order chi connectivity index (χ1) is 9.58. The first kappa shape index (κ1) is 14.9. The monoisotopic (exact) mass is 352 g/mol. The molecule has 0 radical (unpaired) electrons. The summed E-state index contributed by atoms with van der Waals surface area (Å²) in [5.41, 5.74) is 8.21. The highest BCUT2D eigenvalue weighted by atomic mass is 79.9. The van der Waals surface area contributed by atoms with Crippen molar-refractivity contribution in [2.45, 2.75) is 12.8 Å². The summed E-state index contributed by atoms with van der Waals surface area (Å²) in [5, 5.41) is 3.39. The molecule has 2 aromatic carbocycles. The lowest BCUT2D eigenvalue weighted by atomic mass is 10.1. The molecule has 3 nitrogen and oxygen atoms in total. The van der Waals surface area contributed by atoms with E-state index >= 15 is 0 Å². The van der Waals surface area contributed by atoms with Crippen LogP contribution in [0.5, 0.6) is 0 Å². The Morgan fingerprint density at radius 3 is 2.70 bits per heavy atom. The minimum Gasteiger partial charge on any atom is -0.399 e. The Bertz CT molecular complexity index is 631. The van der Waals surface area contributed by atoms with Gasteiger partial charge in [-0.2, -0.15) is 0 Å². The Labute approximate surface area is 131 Å². The largest absolute Gasteiger partial charge is 0.399 e. The molecule has 0 saturated heterocycles. The number of rotatable bonds is 4. The molecule has 104 valence electrons. The summed E-state index contributed by atoms with van der Waals surface area (Å²) in [6, 6.07) is 12.9. The van der Waals surface area contributed by atoms with E-state index in [2.05, 4.69) is 21.2 Å². The molecule has 0 aliphatic heterocycles. The van der Waals surface area contributed by atoms with Crippen molar-refractivity contribution in [3.63, 3.8) is 0 Å². The van der Waals surface area contributed by atoms with E-state index in [4.69, 9.17) is 17.3 Å². The van der Waals surface area contributed by atoms with Gasteiger partial charge in [0.2, 0.25) is 5.91 Å². The third-order valence-corrected chi connectivity index (χ3v) is 4.30. The lowest BCUT2D eigenvalue weighted by Gasteiger charge is -2.09. The molecule has 0 aliphatic rings. The van der Waals surface area contributed by atoms with Gasteiger partial charge in [-0.1, -0.05) is 35.9 Å². The highest BCUT2D eigenvalue weighted by molar-refractivity contribution is 9.10. The number of aryl methyl sites for hydroxylation is 1. The molecule has 0 fully saturated rings. The smallest absolute Gasteiger partial charge is 0.224 e. The maximum absolute atomic E-state index is 11.9. The Morgan fingerprint density at radius 1 is 1.20 bits per heavy atom. The van der Waals surface area contributed by atoms with Gasteiger partial charge in [0.1, 0.15) is 0 Å². The van der Waals surface area contributed by atoms with Crippen LogP contribution in [0.3, 0.4) is 0 Å². The number of nitrogens with one attached hydrogen (secondary N) is 1. The van der Waals surface area contributed by atoms with E-state index in [9.17, 15) is 4.79 Å². The van der Waals surface area contributed by atoms with Gasteiger partial charge >= 0.3 is 0 Å². The lowest BCUT2D eigenvalue weighted by molar-refractivity contribution is -0.116. The molecule has 1 amide bonds. The normalized spacial score (nSPS) is 10.3. The molecule has 2 rings (SSSR count). The summed E-state index contributed by atoms with van der Waals surface area (Å²) >= 11 is 9.33. The maximum Gasteiger partial charge on any atom is 0.224 e. The molecule has 0 atom stereocenters. The minimum atomic E-state index is -0.0729. The van der Waals surface area contributed by atoms with E-state index in [1.54, 1.807) is 18.2 Å². The zero-order valence-corrected chi connectivity index (χ0v) is 13.0. The van der Waals surface area contributed by atoms with Gasteiger partial charge in [-0.05, 0) is 46.1 Å². The Morgan fingerprint density at radius 2 is 1.95 bits per heavy atom. The predicted octanol–water partition coefficient (Wildman–Crippen LogP) is 4.26. The van der Waals surface area contributed by atoms with E-state index in [1.165, 1.54) is 0 Å². The number of carbonyl (C=O) groups excluding carboxylic acids is 1. The molecular weight excluding hydrogens is 340 g/mol. The summed E-state index contributed by atoms with van der Waals surface area (Å²) in [4.78, 5) is 11.9. The molecule has 0 bridgehead atoms. The van der Waals surface area contributed by atoms with Crippen LogP contribution in [0.25, 0.3) is 0 Å². The van der Waals surface area contributed by atoms with E-state index in [1.807, 2.05) is 24.3 Å². The van der Waals surface area contributed by atoms with Crippen LogP contribution in [0.4, 0.5) is 11.4 Å². The van der Waals surface area contributed by atoms with Gasteiger partial charge in [0.15, 0.2) is 0 Å². The van der Waals surface area contributed by atoms with Crippen molar-refractivity contribution in [2.75, 3.05) is 11.1 Å². The van der Waals surface area contributed by atoms with Crippen LogP contribution in [0.15, 0.2) is 46.9 Å². The Balaban J connectivity index is 1.96. The van der Waals surface area contributed by atoms with Gasteiger partial charge in [0.05, 0.1) is 15.2 Å². The molecule has 0 aromatic heterocycles. The topological polar surface area (TPSA) is 55.1 Å². The SMILES string of the molecule is Nc1ccccc1CCC(=O)Nc1cccc(Cl)c1Br. The van der Waals surface area contributed by atoms with Gasteiger partial charge in [-0.15, -0.1) is 0 Å². The van der Waals surface area contributed by atoms with Crippen molar-refractivity contribution in [1.82, 2.24) is 0 Å². The van der Waals surface area contributed by atoms with E-state index in [0.717, 1.165) is 5.56 Å². The van der Waals surface area contributed by atoms with E-state index in [-0.39, 0.29) is 5.91 Å². The number of benzene rings is 2. The molecular formula is C15H14BrClN2O. The molecule has 0 heterocycles. The van der Waals surface area contributed by atoms with Gasteiger partial charge < -0.3 is 11.1 Å². The number of halogens is 2. The van der Waals surface area contributed by atoms with Crippen LogP contribution in [0.2, 0.25) is 5.02 Å². The molecule has 5 heteroatoms. The van der Waals surface area contributed by atoms with Crippen LogP contribution in [0.1, 0.15) is 12.0 Å². The molecule has 0 spiro atoms. The van der Waals surface area contributed by atoms with E-state index in [0.29, 0.717) is 33.7 Å². The first-order valence-electron chi connectivity index (χ1n) is 6.15. The maximum atomic E-state index is 11.9. The number of carbonyl (C=O) groups is 1. The Hall–Kier alpha value is -1.52. The van der Waals surface area contributed by atoms with Crippen molar-refractivity contribution in [3.8, 4) is 0 Å². The quantitative estimate of drug-likeness (QED) is 0.807. The number of amides is 1. The van der Waals surface area contributed by atoms with Gasteiger partial charge in [0, 0.05) is 12.1 Å². The average Bonchev–Trinajstić information content (AvgIpc) is 2.43. The second kappa shape index (κ2) is 6.77. The zero-order valence-electron chi connectivity index (χ0n) is 10.7. The highest BCUT2D eigenvalue weighted by Gasteiger charge is 2.08. The van der Waals surface area contributed by atoms with Crippen molar-refractivity contribution in [3.05, 3.63) is 57.5 Å². The predicted molar refractivity (Wildman–Crippen MR) is 87.0 cm³/mol. The number of hydrogen-bond acceptors (Lipinski definition) is 2. The first-order valence-corrected chi connectivity index (χ1v) is 7.32. The number of hydrogen-bond donors (Lipinski definition) is 2. The molecule has 0 saturated carbocycles. The van der Waals surface area contributed by atoms with Gasteiger partial charge in [-0.3, -0.25) is 4.79 Å². The van der Waals surface area contributed by atoms with Crippen LogP contribution < -0.4 is 11.1 Å². The fraction of sp³-hybridized carbons (Fsp3) is 0.133. The lowest BCUT2D eigenvalue weighted by Crippen LogP contribution is -2.13. The van der Waals surface area contributed by atoms with Crippen LogP contribution >= 0.6 is 27.5 Å². The highest BCUT2D eigenvalue weighted by Crippen LogP contribution is 2.30. The van der Waals surface area contributed by atoms with Crippen molar-refractivity contribution in [1.29, 1.82) is 0 Å². The van der Waals surface area contributed by atoms with E-state index < -0.39 is 0 Å². The number of para-hydroxylation sites is 1. The van der Waals surface area contributed by atoms with Crippen LogP contribution in [-0.2, 0) is 11.2 Å². The fourth-order valence-electron chi connectivity index (χ4n) is 1.82. The Kier molecular flexibility index (Phi) is 5.04. The standard InChI is InChI=1S/C15H14BrClN2O/c16-15-11(17)5-3-7-13(15)19-14(20)9-8-10-4-1-2-6-12(10)18/h1-7H,8-9,18H2,(H,19,20). The third-order valence-electron chi connectivity index (χ3n) is 2.90. The van der Waals surface area contributed by atoms with Gasteiger partial charge in [-0.25, -0.2) is 0 Å². The summed E-state index contributed by atoms with van der Waals surface area (Å²) in [5.74, 6) is -0.0729. The van der Waals surface area contributed by atoms with Crippen molar-refractivity contribution in [2.24, 2.45) is 0 Å². The fourth-order valence-corrected chi connectivity index (χ4v) is 2.36. The number of nitrogen functional groups attached to an aromatic ring is 1. The zero-order chi connectivity index (χ0) is 14.5. The minimum absolute atomic E-state index is 0.0729. The molecule has 0 unspecified atom stereocenters. The van der Waals surface area contributed by atoms with Crippen molar-refractivity contribution >= 4 is 44.8 Å². The number of anilines is 2. The summed E-state index contributed by atoms with van der Waals surface area (Å²) in [7, 11) is 0. The summed E-state index contributed by atoms with van der Waals surface area (Å²) < 4.78 is 0.689. The average molecular weight is 354 g/mol. The summed E-state index contributed by atoms with van der Waals surface area (Å²) in [6.45, 7) is 0. The summed E-state index contributed by atoms with van der Waals surface area (Å²) in [6.07, 6.45) is 0.976. The molecule has 0 aliphatic carbocycles. The van der Waals surface area contributed by atoms with Crippen LogP contribution in [0, 0.1) is 0 Å². The molecule has 3 N–H and O–H groups in total. The van der Waals surface area contributed by atoms with Crippen LogP contribution in [-0.4, -0.2) is 5.91 Å². The molecule has 20 heavy (non-hydrogen) atoms.